The van der Waals surface area contributed by atoms with Gasteiger partial charge < -0.3 is 26.0 Å². The number of imidazole rings is 1. The van der Waals surface area contributed by atoms with Crippen LogP contribution in [0.4, 0.5) is 4.79 Å². The summed E-state index contributed by atoms with van der Waals surface area (Å²) in [5.41, 5.74) is 6.65. The summed E-state index contributed by atoms with van der Waals surface area (Å²) in [6, 6.07) is 6.62. The zero-order valence-corrected chi connectivity index (χ0v) is 19.6. The van der Waals surface area contributed by atoms with Gasteiger partial charge in [-0.3, -0.25) is 19.2 Å². The molecular formula is C24H28N6O6. The monoisotopic (exact) mass is 496 g/mol. The second-order valence-electron chi connectivity index (χ2n) is 8.83. The van der Waals surface area contributed by atoms with Crippen LogP contribution in [-0.2, 0) is 36.9 Å². The molecule has 12 nitrogen and oxygen atoms in total. The first-order valence-corrected chi connectivity index (χ1v) is 11.8. The van der Waals surface area contributed by atoms with Gasteiger partial charge in [0.15, 0.2) is 0 Å². The number of primary amides is 1. The van der Waals surface area contributed by atoms with Crippen molar-refractivity contribution in [1.29, 1.82) is 0 Å². The van der Waals surface area contributed by atoms with Gasteiger partial charge in [-0.25, -0.2) is 14.3 Å². The number of hydrogen-bond acceptors (Lipinski definition) is 7. The standard InChI is InChI=1S/C24H28N6O6/c25-21(32)19-7-4-10-30(19)23(34)18(28-22(33)17-8-9-20(31)27-17)11-16-12-29(14-26-16)24(35)36-13-15-5-2-1-3-6-15/h1-3,5-6,12,14,17-19H,4,7-11,13H2,(H2,25,32)(H,27,31)(H,28,33). The van der Waals surface area contributed by atoms with Crippen LogP contribution in [0.1, 0.15) is 36.9 Å². The van der Waals surface area contributed by atoms with Crippen LogP contribution in [0.3, 0.4) is 0 Å². The lowest BCUT2D eigenvalue weighted by atomic mass is 10.1. The molecule has 2 aliphatic heterocycles. The topological polar surface area (TPSA) is 166 Å². The first-order valence-electron chi connectivity index (χ1n) is 11.8. The van der Waals surface area contributed by atoms with Crippen LogP contribution >= 0.6 is 0 Å². The van der Waals surface area contributed by atoms with Crippen LogP contribution in [0.5, 0.6) is 0 Å². The number of nitrogens with two attached hydrogens (primary N) is 1. The maximum atomic E-state index is 13.4. The molecule has 0 aliphatic carbocycles. The van der Waals surface area contributed by atoms with Gasteiger partial charge in [0.25, 0.3) is 0 Å². The fraction of sp³-hybridized carbons (Fsp3) is 0.417. The number of nitrogens with zero attached hydrogens (tertiary/aromatic N) is 3. The van der Waals surface area contributed by atoms with E-state index in [2.05, 4.69) is 15.6 Å². The molecule has 2 saturated heterocycles. The fourth-order valence-corrected chi connectivity index (χ4v) is 4.38. The fourth-order valence-electron chi connectivity index (χ4n) is 4.38. The lowest BCUT2D eigenvalue weighted by Crippen LogP contribution is -2.56. The van der Waals surface area contributed by atoms with E-state index in [0.717, 1.165) is 10.1 Å². The van der Waals surface area contributed by atoms with Crippen molar-refractivity contribution in [3.63, 3.8) is 0 Å². The summed E-state index contributed by atoms with van der Waals surface area (Å²) >= 11 is 0. The average molecular weight is 497 g/mol. The van der Waals surface area contributed by atoms with E-state index < -0.39 is 41.9 Å². The number of rotatable bonds is 8. The zero-order valence-electron chi connectivity index (χ0n) is 19.6. The van der Waals surface area contributed by atoms with Crippen LogP contribution in [0.25, 0.3) is 0 Å². The van der Waals surface area contributed by atoms with E-state index in [-0.39, 0.29) is 25.4 Å². The largest absolute Gasteiger partial charge is 0.444 e. The highest BCUT2D eigenvalue weighted by Gasteiger charge is 2.38. The Morgan fingerprint density at radius 1 is 1.19 bits per heavy atom. The Balaban J connectivity index is 1.45. The highest BCUT2D eigenvalue weighted by molar-refractivity contribution is 5.95. The third-order valence-electron chi connectivity index (χ3n) is 6.26. The van der Waals surface area contributed by atoms with Crippen molar-refractivity contribution < 1.29 is 28.7 Å². The van der Waals surface area contributed by atoms with Gasteiger partial charge in [0, 0.05) is 25.6 Å². The van der Waals surface area contributed by atoms with E-state index in [9.17, 15) is 24.0 Å². The minimum absolute atomic E-state index is 0.0355. The molecule has 0 radical (unpaired) electrons. The average Bonchev–Trinajstić information content (AvgIpc) is 3.63. The van der Waals surface area contributed by atoms with Gasteiger partial charge in [0.1, 0.15) is 31.1 Å². The van der Waals surface area contributed by atoms with Gasteiger partial charge in [0.2, 0.25) is 23.6 Å². The number of amides is 4. The van der Waals surface area contributed by atoms with Crippen molar-refractivity contribution in [2.75, 3.05) is 6.54 Å². The zero-order chi connectivity index (χ0) is 25.7. The smallest absolute Gasteiger partial charge is 0.419 e. The van der Waals surface area contributed by atoms with Gasteiger partial charge in [0.05, 0.1) is 5.69 Å². The molecule has 2 aliphatic rings. The highest BCUT2D eigenvalue weighted by atomic mass is 16.5. The molecule has 4 N–H and O–H groups in total. The van der Waals surface area contributed by atoms with Gasteiger partial charge >= 0.3 is 6.09 Å². The number of ether oxygens (including phenoxy) is 1. The maximum Gasteiger partial charge on any atom is 0.419 e. The molecular weight excluding hydrogens is 468 g/mol. The Bertz CT molecular complexity index is 1150. The normalized spacial score (nSPS) is 20.0. The summed E-state index contributed by atoms with van der Waals surface area (Å²) < 4.78 is 6.44. The first kappa shape index (κ1) is 24.9. The van der Waals surface area contributed by atoms with Gasteiger partial charge in [-0.05, 0) is 24.8 Å². The van der Waals surface area contributed by atoms with Gasteiger partial charge in [-0.1, -0.05) is 30.3 Å². The molecule has 12 heteroatoms. The molecule has 1 aromatic carbocycles. The SMILES string of the molecule is NC(=O)C1CCCN1C(=O)C(Cc1cn(C(=O)OCc2ccccc2)cn1)NC(=O)C1CCC(=O)N1. The van der Waals surface area contributed by atoms with Crippen molar-refractivity contribution in [2.45, 2.75) is 56.8 Å². The Labute approximate surface area is 207 Å². The molecule has 0 spiro atoms. The molecule has 36 heavy (non-hydrogen) atoms. The van der Waals surface area contributed by atoms with Crippen LogP contribution in [0, 0.1) is 0 Å². The minimum atomic E-state index is -1.07. The third kappa shape index (κ3) is 5.88. The second-order valence-corrected chi connectivity index (χ2v) is 8.83. The molecule has 2 aromatic rings. The molecule has 4 rings (SSSR count). The van der Waals surface area contributed by atoms with Crippen molar-refractivity contribution >= 4 is 29.7 Å². The molecule has 3 unspecified atom stereocenters. The predicted molar refractivity (Wildman–Crippen MR) is 125 cm³/mol. The summed E-state index contributed by atoms with van der Waals surface area (Å²) in [6.07, 6.45) is 3.61. The first-order chi connectivity index (χ1) is 17.3. The van der Waals surface area contributed by atoms with Crippen molar-refractivity contribution in [3.05, 3.63) is 54.1 Å². The molecule has 190 valence electrons. The van der Waals surface area contributed by atoms with Crippen LogP contribution in [0.2, 0.25) is 0 Å². The van der Waals surface area contributed by atoms with E-state index in [1.54, 1.807) is 0 Å². The van der Waals surface area contributed by atoms with E-state index in [1.165, 1.54) is 17.4 Å². The minimum Gasteiger partial charge on any atom is -0.444 e. The van der Waals surface area contributed by atoms with E-state index in [0.29, 0.717) is 31.5 Å². The van der Waals surface area contributed by atoms with Crippen LogP contribution < -0.4 is 16.4 Å². The van der Waals surface area contributed by atoms with Crippen molar-refractivity contribution in [3.8, 4) is 0 Å². The highest BCUT2D eigenvalue weighted by Crippen LogP contribution is 2.19. The molecule has 1 aromatic heterocycles. The summed E-state index contributed by atoms with van der Waals surface area (Å²) in [7, 11) is 0. The number of benzene rings is 1. The maximum absolute atomic E-state index is 13.4. The number of hydrogen-bond donors (Lipinski definition) is 3. The van der Waals surface area contributed by atoms with E-state index in [4.69, 9.17) is 10.5 Å². The van der Waals surface area contributed by atoms with Gasteiger partial charge in [-0.15, -0.1) is 0 Å². The number of carbonyl (C=O) groups is 5. The third-order valence-corrected chi connectivity index (χ3v) is 6.26. The molecule has 3 heterocycles. The van der Waals surface area contributed by atoms with E-state index >= 15 is 0 Å². The summed E-state index contributed by atoms with van der Waals surface area (Å²) in [5.74, 6) is -1.83. The molecule has 0 saturated carbocycles. The second kappa shape index (κ2) is 11.0. The van der Waals surface area contributed by atoms with Crippen LogP contribution in [-0.4, -0.2) is 68.8 Å². The lowest BCUT2D eigenvalue weighted by Gasteiger charge is -2.28. The Hall–Kier alpha value is -4.22. The number of carbonyl (C=O) groups excluding carboxylic acids is 5. The van der Waals surface area contributed by atoms with Crippen molar-refractivity contribution in [2.24, 2.45) is 5.73 Å². The number of likely N-dealkylation sites (tertiary alicyclic amines) is 1. The molecule has 4 amide bonds. The number of aromatic nitrogens is 2. The van der Waals surface area contributed by atoms with E-state index in [1.807, 2.05) is 30.3 Å². The summed E-state index contributed by atoms with van der Waals surface area (Å²) in [5, 5.41) is 5.26. The van der Waals surface area contributed by atoms with Crippen molar-refractivity contribution in [1.82, 2.24) is 25.1 Å². The van der Waals surface area contributed by atoms with Gasteiger partial charge in [-0.2, -0.15) is 0 Å². The van der Waals surface area contributed by atoms with Crippen LogP contribution in [0.15, 0.2) is 42.9 Å². The Morgan fingerprint density at radius 2 is 1.97 bits per heavy atom. The lowest BCUT2D eigenvalue weighted by molar-refractivity contribution is -0.140. The summed E-state index contributed by atoms with van der Waals surface area (Å²) in [6.45, 7) is 0.417. The molecule has 3 atom stereocenters. The Morgan fingerprint density at radius 3 is 2.67 bits per heavy atom. The molecule has 0 bridgehead atoms. The number of nitrogens with one attached hydrogen (secondary N) is 2. The predicted octanol–water partition coefficient (Wildman–Crippen LogP) is -0.150. The summed E-state index contributed by atoms with van der Waals surface area (Å²) in [4.78, 5) is 67.5. The molecule has 2 fully saturated rings. The quantitative estimate of drug-likeness (QED) is 0.457. The Kier molecular flexibility index (Phi) is 7.62.